The van der Waals surface area contributed by atoms with Gasteiger partial charge in [-0.1, -0.05) is 17.4 Å². The quantitative estimate of drug-likeness (QED) is 0.785. The van der Waals surface area contributed by atoms with Crippen LogP contribution in [-0.4, -0.2) is 51.9 Å². The first-order valence-electron chi connectivity index (χ1n) is 6.56. The second kappa shape index (κ2) is 7.24. The minimum Gasteiger partial charge on any atom is -0.494 e. The number of benzene rings is 1. The van der Waals surface area contributed by atoms with E-state index in [2.05, 4.69) is 10.3 Å². The Kier molecular flexibility index (Phi) is 5.35. The van der Waals surface area contributed by atoms with E-state index in [1.165, 1.54) is 11.3 Å². The van der Waals surface area contributed by atoms with E-state index in [-0.39, 0.29) is 12.5 Å². The molecule has 0 unspecified atom stereocenters. The Morgan fingerprint density at radius 2 is 2.24 bits per heavy atom. The summed E-state index contributed by atoms with van der Waals surface area (Å²) in [6.45, 7) is 1.27. The highest BCUT2D eigenvalue weighted by molar-refractivity contribution is 7.22. The molecule has 0 saturated carbocycles. The molecular formula is C14H19N3O3S. The number of anilines is 1. The molecule has 1 heterocycles. The molecule has 1 N–H and O–H groups in total. The van der Waals surface area contributed by atoms with Crippen molar-refractivity contribution in [3.63, 3.8) is 0 Å². The van der Waals surface area contributed by atoms with Gasteiger partial charge in [-0.2, -0.15) is 0 Å². The van der Waals surface area contributed by atoms with Crippen molar-refractivity contribution in [3.05, 3.63) is 18.2 Å². The summed E-state index contributed by atoms with van der Waals surface area (Å²) >= 11 is 1.54. The third kappa shape index (κ3) is 3.83. The van der Waals surface area contributed by atoms with Crippen LogP contribution < -0.4 is 15.0 Å². The van der Waals surface area contributed by atoms with Crippen LogP contribution in [0.3, 0.4) is 0 Å². The molecule has 0 aliphatic rings. The van der Waals surface area contributed by atoms with Crippen molar-refractivity contribution >= 4 is 32.6 Å². The summed E-state index contributed by atoms with van der Waals surface area (Å²) in [4.78, 5) is 18.2. The van der Waals surface area contributed by atoms with Crippen LogP contribution >= 0.6 is 11.3 Å². The van der Waals surface area contributed by atoms with Gasteiger partial charge in [-0.15, -0.1) is 0 Å². The van der Waals surface area contributed by atoms with Gasteiger partial charge in [0.15, 0.2) is 5.13 Å². The standard InChI is InChI=1S/C14H19N3O3S/c1-17(9-12(18)15-7-8-19-2)14-16-13-10(20-3)5-4-6-11(13)21-14/h4-6H,7-9H2,1-3H3,(H,15,18). The van der Waals surface area contributed by atoms with Crippen molar-refractivity contribution < 1.29 is 14.3 Å². The van der Waals surface area contributed by atoms with Crippen molar-refractivity contribution in [1.82, 2.24) is 10.3 Å². The molecule has 6 nitrogen and oxygen atoms in total. The molecule has 0 spiro atoms. The maximum atomic E-state index is 11.8. The van der Waals surface area contributed by atoms with Crippen molar-refractivity contribution in [1.29, 1.82) is 0 Å². The molecule has 21 heavy (non-hydrogen) atoms. The first-order chi connectivity index (χ1) is 10.2. The van der Waals surface area contributed by atoms with E-state index in [4.69, 9.17) is 9.47 Å². The molecular weight excluding hydrogens is 290 g/mol. The second-order valence-electron chi connectivity index (χ2n) is 4.50. The Hall–Kier alpha value is -1.86. The molecule has 0 radical (unpaired) electrons. The second-order valence-corrected chi connectivity index (χ2v) is 5.51. The predicted molar refractivity (Wildman–Crippen MR) is 84.3 cm³/mol. The maximum absolute atomic E-state index is 11.8. The summed E-state index contributed by atoms with van der Waals surface area (Å²) in [6, 6.07) is 5.80. The Morgan fingerprint density at radius 3 is 2.95 bits per heavy atom. The van der Waals surface area contributed by atoms with Gasteiger partial charge in [0.05, 0.1) is 25.0 Å². The molecule has 0 atom stereocenters. The molecule has 7 heteroatoms. The SMILES string of the molecule is COCCNC(=O)CN(C)c1nc2c(OC)cccc2s1. The molecule has 114 valence electrons. The van der Waals surface area contributed by atoms with E-state index in [9.17, 15) is 4.79 Å². The molecule has 0 fully saturated rings. The average molecular weight is 309 g/mol. The van der Waals surface area contributed by atoms with Crippen LogP contribution in [0.4, 0.5) is 5.13 Å². The lowest BCUT2D eigenvalue weighted by molar-refractivity contribution is -0.119. The Morgan fingerprint density at radius 1 is 1.43 bits per heavy atom. The number of nitrogens with zero attached hydrogens (tertiary/aromatic N) is 2. The smallest absolute Gasteiger partial charge is 0.239 e. The number of para-hydroxylation sites is 1. The van der Waals surface area contributed by atoms with E-state index < -0.39 is 0 Å². The first kappa shape index (κ1) is 15.5. The highest BCUT2D eigenvalue weighted by atomic mass is 32.1. The maximum Gasteiger partial charge on any atom is 0.239 e. The molecule has 0 aliphatic carbocycles. The number of ether oxygens (including phenoxy) is 2. The third-order valence-corrected chi connectivity index (χ3v) is 4.06. The summed E-state index contributed by atoms with van der Waals surface area (Å²) in [5.41, 5.74) is 0.826. The van der Waals surface area contributed by atoms with E-state index in [0.717, 1.165) is 21.1 Å². The summed E-state index contributed by atoms with van der Waals surface area (Å²) < 4.78 is 11.2. The number of hydrogen-bond acceptors (Lipinski definition) is 6. The fraction of sp³-hybridized carbons (Fsp3) is 0.429. The van der Waals surface area contributed by atoms with Crippen LogP contribution in [0, 0.1) is 0 Å². The van der Waals surface area contributed by atoms with Gasteiger partial charge >= 0.3 is 0 Å². The Balaban J connectivity index is 2.05. The molecule has 2 aromatic rings. The van der Waals surface area contributed by atoms with E-state index in [1.807, 2.05) is 30.1 Å². The molecule has 0 saturated heterocycles. The van der Waals surface area contributed by atoms with Crippen molar-refractivity contribution in [3.8, 4) is 5.75 Å². The number of aromatic nitrogens is 1. The number of carbonyl (C=O) groups is 1. The highest BCUT2D eigenvalue weighted by Crippen LogP contribution is 2.33. The van der Waals surface area contributed by atoms with E-state index in [1.54, 1.807) is 14.2 Å². The summed E-state index contributed by atoms with van der Waals surface area (Å²) in [6.07, 6.45) is 0. The van der Waals surface area contributed by atoms with Gasteiger partial charge in [0.25, 0.3) is 0 Å². The number of nitrogens with one attached hydrogen (secondary N) is 1. The normalized spacial score (nSPS) is 10.6. The number of methoxy groups -OCH3 is 2. The molecule has 1 aromatic heterocycles. The van der Waals surface area contributed by atoms with Crippen LogP contribution in [0.25, 0.3) is 10.2 Å². The number of likely N-dealkylation sites (N-methyl/N-ethyl adjacent to an activating group) is 1. The number of amides is 1. The minimum absolute atomic E-state index is 0.0548. The Labute approximate surface area is 127 Å². The van der Waals surface area contributed by atoms with E-state index in [0.29, 0.717) is 13.2 Å². The number of rotatable bonds is 7. The van der Waals surface area contributed by atoms with Gasteiger partial charge in [-0.25, -0.2) is 4.98 Å². The highest BCUT2D eigenvalue weighted by Gasteiger charge is 2.13. The lowest BCUT2D eigenvalue weighted by atomic mass is 10.3. The van der Waals surface area contributed by atoms with Gasteiger partial charge in [0, 0.05) is 20.7 Å². The summed E-state index contributed by atoms with van der Waals surface area (Å²) in [5, 5.41) is 3.58. The zero-order valence-electron chi connectivity index (χ0n) is 12.4. The predicted octanol–water partition coefficient (Wildman–Crippen LogP) is 1.50. The fourth-order valence-corrected chi connectivity index (χ4v) is 2.81. The number of fused-ring (bicyclic) bond motifs is 1. The zero-order valence-corrected chi connectivity index (χ0v) is 13.2. The first-order valence-corrected chi connectivity index (χ1v) is 7.37. The molecule has 1 amide bonds. The minimum atomic E-state index is -0.0548. The van der Waals surface area contributed by atoms with Crippen molar-refractivity contribution in [2.45, 2.75) is 0 Å². The van der Waals surface area contributed by atoms with Gasteiger partial charge < -0.3 is 19.7 Å². The number of carbonyl (C=O) groups excluding carboxylic acids is 1. The molecule has 0 bridgehead atoms. The van der Waals surface area contributed by atoms with Gasteiger partial charge in [-0.3, -0.25) is 4.79 Å². The third-order valence-electron chi connectivity index (χ3n) is 2.93. The molecule has 2 rings (SSSR count). The van der Waals surface area contributed by atoms with E-state index >= 15 is 0 Å². The molecule has 0 aliphatic heterocycles. The van der Waals surface area contributed by atoms with Crippen LogP contribution in [0.2, 0.25) is 0 Å². The lowest BCUT2D eigenvalue weighted by Gasteiger charge is -2.14. The van der Waals surface area contributed by atoms with Crippen molar-refractivity contribution in [2.75, 3.05) is 45.9 Å². The molecule has 1 aromatic carbocycles. The van der Waals surface area contributed by atoms with Crippen LogP contribution in [0.1, 0.15) is 0 Å². The zero-order chi connectivity index (χ0) is 15.2. The van der Waals surface area contributed by atoms with Gasteiger partial charge in [0.1, 0.15) is 11.3 Å². The monoisotopic (exact) mass is 309 g/mol. The number of hydrogen-bond donors (Lipinski definition) is 1. The topological polar surface area (TPSA) is 63.7 Å². The average Bonchev–Trinajstić information content (AvgIpc) is 2.91. The van der Waals surface area contributed by atoms with Crippen molar-refractivity contribution in [2.24, 2.45) is 0 Å². The van der Waals surface area contributed by atoms with Gasteiger partial charge in [-0.05, 0) is 12.1 Å². The van der Waals surface area contributed by atoms with Crippen LogP contribution in [0.5, 0.6) is 5.75 Å². The Bertz CT molecular complexity index is 615. The number of thiazole rings is 1. The fourth-order valence-electron chi connectivity index (χ4n) is 1.87. The largest absolute Gasteiger partial charge is 0.494 e. The van der Waals surface area contributed by atoms with Crippen LogP contribution in [0.15, 0.2) is 18.2 Å². The van der Waals surface area contributed by atoms with Gasteiger partial charge in [0.2, 0.25) is 5.91 Å². The summed E-state index contributed by atoms with van der Waals surface area (Å²) in [7, 11) is 5.08. The summed E-state index contributed by atoms with van der Waals surface area (Å²) in [5.74, 6) is 0.689. The lowest BCUT2D eigenvalue weighted by Crippen LogP contribution is -2.36. The van der Waals surface area contributed by atoms with Crippen LogP contribution in [-0.2, 0) is 9.53 Å².